The van der Waals surface area contributed by atoms with Gasteiger partial charge in [0.15, 0.2) is 0 Å². The Labute approximate surface area is 146 Å². The monoisotopic (exact) mass is 384 g/mol. The Bertz CT molecular complexity index is 521. The number of anilines is 1. The van der Waals surface area contributed by atoms with E-state index in [1.54, 1.807) is 6.07 Å². The highest BCUT2D eigenvalue weighted by atomic mass is 79.9. The summed E-state index contributed by atoms with van der Waals surface area (Å²) >= 11 is 3.29. The smallest absolute Gasteiger partial charge is 0.271 e. The van der Waals surface area contributed by atoms with Crippen molar-refractivity contribution in [3.63, 3.8) is 0 Å². The third-order valence-electron chi connectivity index (χ3n) is 3.69. The van der Waals surface area contributed by atoms with E-state index in [4.69, 9.17) is 0 Å². The molecule has 0 unspecified atom stereocenters. The van der Waals surface area contributed by atoms with Crippen molar-refractivity contribution in [2.75, 3.05) is 5.32 Å². The molecule has 0 radical (unpaired) electrons. The standard InChI is InChI=1S/C17H25BrN2O3/c1-2-3-4-5-6-7-8-9-10-17(21)19-16-13-14(20(22)23)11-12-15(16)18/h11-13H,2-10H2,1H3,(H,19,21). The number of nitro groups is 1. The van der Waals surface area contributed by atoms with Crippen molar-refractivity contribution in [1.82, 2.24) is 0 Å². The maximum Gasteiger partial charge on any atom is 0.271 e. The van der Waals surface area contributed by atoms with Crippen molar-refractivity contribution < 1.29 is 9.72 Å². The number of nitro benzene ring substituents is 1. The van der Waals surface area contributed by atoms with E-state index in [1.165, 1.54) is 44.2 Å². The molecule has 1 aromatic rings. The van der Waals surface area contributed by atoms with Crippen LogP contribution < -0.4 is 5.32 Å². The van der Waals surface area contributed by atoms with Crippen LogP contribution in [0.4, 0.5) is 11.4 Å². The number of nitrogens with one attached hydrogen (secondary N) is 1. The molecule has 0 spiro atoms. The van der Waals surface area contributed by atoms with Crippen molar-refractivity contribution in [3.8, 4) is 0 Å². The van der Waals surface area contributed by atoms with Crippen LogP contribution in [-0.2, 0) is 4.79 Å². The van der Waals surface area contributed by atoms with E-state index in [-0.39, 0.29) is 11.6 Å². The molecule has 128 valence electrons. The quantitative estimate of drug-likeness (QED) is 0.296. The van der Waals surface area contributed by atoms with Crippen molar-refractivity contribution in [3.05, 3.63) is 32.8 Å². The number of hydrogen-bond donors (Lipinski definition) is 1. The second kappa shape index (κ2) is 11.2. The van der Waals surface area contributed by atoms with Gasteiger partial charge < -0.3 is 5.32 Å². The highest BCUT2D eigenvalue weighted by Crippen LogP contribution is 2.27. The van der Waals surface area contributed by atoms with Crippen molar-refractivity contribution in [2.45, 2.75) is 64.7 Å². The molecule has 6 heteroatoms. The lowest BCUT2D eigenvalue weighted by molar-refractivity contribution is -0.384. The van der Waals surface area contributed by atoms with Crippen molar-refractivity contribution in [1.29, 1.82) is 0 Å². The third-order valence-corrected chi connectivity index (χ3v) is 4.38. The predicted molar refractivity (Wildman–Crippen MR) is 96.7 cm³/mol. The molecule has 5 nitrogen and oxygen atoms in total. The summed E-state index contributed by atoms with van der Waals surface area (Å²) in [4.78, 5) is 22.2. The van der Waals surface area contributed by atoms with Gasteiger partial charge in [0, 0.05) is 23.0 Å². The number of nitrogens with zero attached hydrogens (tertiary/aromatic N) is 1. The first-order chi connectivity index (χ1) is 11.0. The zero-order valence-electron chi connectivity index (χ0n) is 13.6. The molecule has 0 fully saturated rings. The number of unbranched alkanes of at least 4 members (excludes halogenated alkanes) is 7. The first-order valence-corrected chi connectivity index (χ1v) is 9.07. The Hall–Kier alpha value is -1.43. The van der Waals surface area contributed by atoms with Gasteiger partial charge in [0.05, 0.1) is 10.6 Å². The zero-order valence-corrected chi connectivity index (χ0v) is 15.2. The fourth-order valence-electron chi connectivity index (χ4n) is 2.35. The fourth-order valence-corrected chi connectivity index (χ4v) is 2.70. The van der Waals surface area contributed by atoms with Gasteiger partial charge in [-0.05, 0) is 28.4 Å². The van der Waals surface area contributed by atoms with Crippen LogP contribution in [0.5, 0.6) is 0 Å². The molecule has 0 aromatic heterocycles. The van der Waals surface area contributed by atoms with E-state index < -0.39 is 4.92 Å². The van der Waals surface area contributed by atoms with Gasteiger partial charge in [0.2, 0.25) is 5.91 Å². The number of carbonyl (C=O) groups is 1. The maximum atomic E-state index is 11.9. The summed E-state index contributed by atoms with van der Waals surface area (Å²) in [7, 11) is 0. The molecule has 1 amide bonds. The molecule has 1 aromatic carbocycles. The topological polar surface area (TPSA) is 72.2 Å². The van der Waals surface area contributed by atoms with Gasteiger partial charge in [-0.2, -0.15) is 0 Å². The molecular weight excluding hydrogens is 360 g/mol. The van der Waals surface area contributed by atoms with Gasteiger partial charge in [-0.25, -0.2) is 0 Å². The van der Waals surface area contributed by atoms with Crippen LogP contribution in [0.15, 0.2) is 22.7 Å². The summed E-state index contributed by atoms with van der Waals surface area (Å²) < 4.78 is 0.646. The molecule has 0 bridgehead atoms. The Kier molecular flexibility index (Phi) is 9.52. The molecular formula is C17H25BrN2O3. The summed E-state index contributed by atoms with van der Waals surface area (Å²) in [6.07, 6.45) is 9.90. The van der Waals surface area contributed by atoms with Crippen molar-refractivity contribution in [2.24, 2.45) is 0 Å². The fraction of sp³-hybridized carbons (Fsp3) is 0.588. The molecule has 0 aliphatic heterocycles. The van der Waals surface area contributed by atoms with Crippen LogP contribution >= 0.6 is 15.9 Å². The van der Waals surface area contributed by atoms with E-state index in [0.717, 1.165) is 19.3 Å². The molecule has 0 aliphatic carbocycles. The van der Waals surface area contributed by atoms with Gasteiger partial charge in [0.25, 0.3) is 5.69 Å². The average molecular weight is 385 g/mol. The number of amides is 1. The van der Waals surface area contributed by atoms with Gasteiger partial charge in [-0.3, -0.25) is 14.9 Å². The lowest BCUT2D eigenvalue weighted by Gasteiger charge is -2.07. The molecule has 1 rings (SSSR count). The molecule has 0 saturated carbocycles. The van der Waals surface area contributed by atoms with E-state index in [0.29, 0.717) is 16.6 Å². The van der Waals surface area contributed by atoms with Crippen molar-refractivity contribution >= 4 is 33.2 Å². The normalized spacial score (nSPS) is 10.5. The van der Waals surface area contributed by atoms with Crippen LogP contribution in [0.3, 0.4) is 0 Å². The predicted octanol–water partition coefficient (Wildman–Crippen LogP) is 5.83. The van der Waals surface area contributed by atoms with E-state index >= 15 is 0 Å². The van der Waals surface area contributed by atoms with E-state index in [9.17, 15) is 14.9 Å². The van der Waals surface area contributed by atoms with Crippen LogP contribution in [0, 0.1) is 10.1 Å². The molecule has 0 saturated heterocycles. The molecule has 0 aliphatic rings. The van der Waals surface area contributed by atoms with Crippen LogP contribution in [0.2, 0.25) is 0 Å². The maximum absolute atomic E-state index is 11.9. The van der Waals surface area contributed by atoms with Crippen LogP contribution in [0.25, 0.3) is 0 Å². The molecule has 0 heterocycles. The molecule has 0 atom stereocenters. The average Bonchev–Trinajstić information content (AvgIpc) is 2.52. The number of rotatable bonds is 11. The van der Waals surface area contributed by atoms with Gasteiger partial charge >= 0.3 is 0 Å². The Morgan fingerprint density at radius 2 is 1.74 bits per heavy atom. The highest BCUT2D eigenvalue weighted by Gasteiger charge is 2.11. The first kappa shape index (κ1) is 19.6. The summed E-state index contributed by atoms with van der Waals surface area (Å²) in [6.45, 7) is 2.21. The summed E-state index contributed by atoms with van der Waals surface area (Å²) in [5, 5.41) is 13.5. The lowest BCUT2D eigenvalue weighted by Crippen LogP contribution is -2.11. The van der Waals surface area contributed by atoms with E-state index in [2.05, 4.69) is 28.2 Å². The minimum absolute atomic E-state index is 0.0319. The van der Waals surface area contributed by atoms with Gasteiger partial charge in [-0.1, -0.05) is 51.9 Å². The molecule has 23 heavy (non-hydrogen) atoms. The minimum Gasteiger partial charge on any atom is -0.325 e. The Morgan fingerprint density at radius 3 is 2.35 bits per heavy atom. The van der Waals surface area contributed by atoms with Gasteiger partial charge in [0.1, 0.15) is 0 Å². The number of non-ortho nitro benzene ring substituents is 1. The Morgan fingerprint density at radius 1 is 1.13 bits per heavy atom. The number of hydrogen-bond acceptors (Lipinski definition) is 3. The van der Waals surface area contributed by atoms with Gasteiger partial charge in [-0.15, -0.1) is 0 Å². The highest BCUT2D eigenvalue weighted by molar-refractivity contribution is 9.10. The SMILES string of the molecule is CCCCCCCCCCC(=O)Nc1cc([N+](=O)[O-])ccc1Br. The molecule has 1 N–H and O–H groups in total. The second-order valence-electron chi connectivity index (χ2n) is 5.69. The van der Waals surface area contributed by atoms with E-state index in [1.807, 2.05) is 0 Å². The van der Waals surface area contributed by atoms with Crippen LogP contribution in [-0.4, -0.2) is 10.8 Å². The van der Waals surface area contributed by atoms with Crippen LogP contribution in [0.1, 0.15) is 64.7 Å². The minimum atomic E-state index is -0.472. The zero-order chi connectivity index (χ0) is 17.1. The summed E-state index contributed by atoms with van der Waals surface area (Å²) in [5.41, 5.74) is 0.416. The largest absolute Gasteiger partial charge is 0.325 e. The second-order valence-corrected chi connectivity index (χ2v) is 6.55. The number of benzene rings is 1. The summed E-state index contributed by atoms with van der Waals surface area (Å²) in [6, 6.07) is 4.35. The first-order valence-electron chi connectivity index (χ1n) is 8.28. The third kappa shape index (κ3) is 8.11. The lowest BCUT2D eigenvalue weighted by atomic mass is 10.1. The number of halogens is 1. The Balaban J connectivity index is 2.26. The number of carbonyl (C=O) groups excluding carboxylic acids is 1. The summed E-state index contributed by atoms with van der Waals surface area (Å²) in [5.74, 6) is -0.0998.